The van der Waals surface area contributed by atoms with Gasteiger partial charge in [0.15, 0.2) is 0 Å². The molecule has 0 unspecified atom stereocenters. The minimum absolute atomic E-state index is 0.155. The molecule has 0 spiro atoms. The highest BCUT2D eigenvalue weighted by Crippen LogP contribution is 2.17. The molecule has 0 radical (unpaired) electrons. The van der Waals surface area contributed by atoms with Crippen LogP contribution in [0.5, 0.6) is 5.75 Å². The highest BCUT2D eigenvalue weighted by molar-refractivity contribution is 7.80. The van der Waals surface area contributed by atoms with Crippen LogP contribution in [0.15, 0.2) is 48.5 Å². The number of hydrogen-bond acceptors (Lipinski definition) is 3. The van der Waals surface area contributed by atoms with E-state index < -0.39 is 0 Å². The van der Waals surface area contributed by atoms with E-state index >= 15 is 0 Å². The fourth-order valence-corrected chi connectivity index (χ4v) is 2.36. The zero-order valence-electron chi connectivity index (χ0n) is 12.3. The average Bonchev–Trinajstić information content (AvgIpc) is 2.52. The molecule has 114 valence electrons. The molecule has 0 aliphatic heterocycles. The highest BCUT2D eigenvalue weighted by atomic mass is 32.1. The summed E-state index contributed by atoms with van der Waals surface area (Å²) in [6.07, 6.45) is 0.410. The predicted octanol–water partition coefficient (Wildman–Crippen LogP) is 2.45. The van der Waals surface area contributed by atoms with E-state index in [9.17, 15) is 4.79 Å². The summed E-state index contributed by atoms with van der Waals surface area (Å²) in [4.78, 5) is 12.7. The van der Waals surface area contributed by atoms with E-state index in [4.69, 9.17) is 22.7 Å². The van der Waals surface area contributed by atoms with Gasteiger partial charge in [-0.2, -0.15) is 0 Å². The number of para-hydroxylation sites is 1. The molecular weight excluding hydrogens is 296 g/mol. The van der Waals surface area contributed by atoms with Gasteiger partial charge in [-0.3, -0.25) is 4.79 Å². The lowest BCUT2D eigenvalue weighted by molar-refractivity contribution is 0.0950. The third-order valence-corrected chi connectivity index (χ3v) is 3.40. The number of nitrogens with one attached hydrogen (secondary N) is 1. The molecule has 2 aromatic rings. The number of nitrogens with two attached hydrogens (primary N) is 1. The van der Waals surface area contributed by atoms with Crippen LogP contribution >= 0.6 is 12.2 Å². The molecule has 0 atom stereocenters. The Balaban J connectivity index is 2.11. The fraction of sp³-hybridized carbons (Fsp3) is 0.176. The van der Waals surface area contributed by atoms with Gasteiger partial charge in [-0.1, -0.05) is 48.6 Å². The summed E-state index contributed by atoms with van der Waals surface area (Å²) >= 11 is 4.93. The number of thiocarbonyl (C=S) groups is 1. The molecule has 0 fully saturated rings. The smallest absolute Gasteiger partial charge is 0.251 e. The van der Waals surface area contributed by atoms with Crippen LogP contribution in [0.25, 0.3) is 0 Å². The van der Waals surface area contributed by atoms with Gasteiger partial charge < -0.3 is 15.8 Å². The predicted molar refractivity (Wildman–Crippen MR) is 91.1 cm³/mol. The minimum Gasteiger partial charge on any atom is -0.496 e. The number of rotatable bonds is 6. The van der Waals surface area contributed by atoms with E-state index in [-0.39, 0.29) is 5.91 Å². The van der Waals surface area contributed by atoms with Crippen LogP contribution in [0.1, 0.15) is 21.5 Å². The fourth-order valence-electron chi connectivity index (χ4n) is 2.20. The summed E-state index contributed by atoms with van der Waals surface area (Å²) in [5.74, 6) is 0.594. The van der Waals surface area contributed by atoms with Crippen molar-refractivity contribution in [3.8, 4) is 5.75 Å². The van der Waals surface area contributed by atoms with Crippen molar-refractivity contribution in [3.05, 3.63) is 65.2 Å². The number of hydrogen-bond donors (Lipinski definition) is 2. The van der Waals surface area contributed by atoms with E-state index in [1.165, 1.54) is 0 Å². The van der Waals surface area contributed by atoms with E-state index in [1.54, 1.807) is 13.2 Å². The number of amides is 1. The SMILES string of the molecule is COc1ccccc1CNC(=O)c1ccccc1CC(N)=S. The zero-order chi connectivity index (χ0) is 15.9. The third-order valence-electron chi connectivity index (χ3n) is 3.26. The van der Waals surface area contributed by atoms with Crippen LogP contribution in [0, 0.1) is 0 Å². The summed E-state index contributed by atoms with van der Waals surface area (Å²) in [6.45, 7) is 0.393. The molecule has 2 aromatic carbocycles. The molecule has 0 bridgehead atoms. The lowest BCUT2D eigenvalue weighted by Gasteiger charge is -2.11. The van der Waals surface area contributed by atoms with Gasteiger partial charge in [-0.15, -0.1) is 0 Å². The van der Waals surface area contributed by atoms with Crippen molar-refractivity contribution < 1.29 is 9.53 Å². The number of carbonyl (C=O) groups is 1. The first-order chi connectivity index (χ1) is 10.6. The van der Waals surface area contributed by atoms with Crippen LogP contribution in [-0.2, 0) is 13.0 Å². The maximum absolute atomic E-state index is 12.4. The van der Waals surface area contributed by atoms with E-state index in [1.807, 2.05) is 42.5 Å². The molecule has 1 amide bonds. The van der Waals surface area contributed by atoms with E-state index in [0.29, 0.717) is 23.5 Å². The Morgan fingerprint density at radius 1 is 1.14 bits per heavy atom. The minimum atomic E-state index is -0.155. The molecule has 22 heavy (non-hydrogen) atoms. The van der Waals surface area contributed by atoms with Crippen LogP contribution in [0.2, 0.25) is 0 Å². The van der Waals surface area contributed by atoms with Crippen molar-refractivity contribution in [2.24, 2.45) is 5.73 Å². The molecule has 0 saturated heterocycles. The number of methoxy groups -OCH3 is 1. The van der Waals surface area contributed by atoms with Crippen LogP contribution in [0.4, 0.5) is 0 Å². The molecule has 0 aliphatic carbocycles. The summed E-state index contributed by atoms with van der Waals surface area (Å²) in [7, 11) is 1.61. The topological polar surface area (TPSA) is 64.3 Å². The van der Waals surface area contributed by atoms with Crippen LogP contribution < -0.4 is 15.8 Å². The van der Waals surface area contributed by atoms with E-state index in [2.05, 4.69) is 5.32 Å². The Bertz CT molecular complexity index is 686. The van der Waals surface area contributed by atoms with Gasteiger partial charge in [-0.25, -0.2) is 0 Å². The van der Waals surface area contributed by atoms with Gasteiger partial charge in [0.05, 0.1) is 12.1 Å². The van der Waals surface area contributed by atoms with Gasteiger partial charge in [0.2, 0.25) is 0 Å². The first kappa shape index (κ1) is 16.0. The van der Waals surface area contributed by atoms with Crippen molar-refractivity contribution >= 4 is 23.1 Å². The molecule has 0 aromatic heterocycles. The lowest BCUT2D eigenvalue weighted by Crippen LogP contribution is -2.25. The molecule has 3 N–H and O–H groups in total. The molecule has 2 rings (SSSR count). The summed E-state index contributed by atoms with van der Waals surface area (Å²) < 4.78 is 5.27. The van der Waals surface area contributed by atoms with Gasteiger partial charge >= 0.3 is 0 Å². The van der Waals surface area contributed by atoms with Gasteiger partial charge in [0.25, 0.3) is 5.91 Å². The first-order valence-corrected chi connectivity index (χ1v) is 7.29. The standard InChI is InChI=1S/C17H18N2O2S/c1-21-15-9-5-3-7-13(15)11-19-17(20)14-8-4-2-6-12(14)10-16(18)22/h2-9H,10-11H2,1H3,(H2,18,22)(H,19,20). The van der Waals surface area contributed by atoms with Crippen molar-refractivity contribution in [3.63, 3.8) is 0 Å². The first-order valence-electron chi connectivity index (χ1n) is 6.88. The van der Waals surface area contributed by atoms with Crippen molar-refractivity contribution in [1.29, 1.82) is 0 Å². The van der Waals surface area contributed by atoms with Gasteiger partial charge in [-0.05, 0) is 17.7 Å². The summed E-state index contributed by atoms with van der Waals surface area (Å²) in [5, 5.41) is 2.90. The maximum atomic E-state index is 12.4. The molecule has 0 saturated carbocycles. The highest BCUT2D eigenvalue weighted by Gasteiger charge is 2.12. The maximum Gasteiger partial charge on any atom is 0.251 e. The summed E-state index contributed by atoms with van der Waals surface area (Å²) in [5.41, 5.74) is 7.92. The van der Waals surface area contributed by atoms with Gasteiger partial charge in [0.1, 0.15) is 5.75 Å². The largest absolute Gasteiger partial charge is 0.496 e. The Hall–Kier alpha value is -2.40. The zero-order valence-corrected chi connectivity index (χ0v) is 13.2. The Labute approximate surface area is 135 Å². The van der Waals surface area contributed by atoms with Crippen LogP contribution in [0.3, 0.4) is 0 Å². The summed E-state index contributed by atoms with van der Waals surface area (Å²) in [6, 6.07) is 14.9. The Morgan fingerprint density at radius 2 is 1.77 bits per heavy atom. The molecular formula is C17H18N2O2S. The number of ether oxygens (including phenoxy) is 1. The van der Waals surface area contributed by atoms with Crippen molar-refractivity contribution in [2.45, 2.75) is 13.0 Å². The Kier molecular flexibility index (Phi) is 5.49. The Morgan fingerprint density at radius 3 is 2.45 bits per heavy atom. The van der Waals surface area contributed by atoms with Gasteiger partial charge in [0, 0.05) is 24.1 Å². The third kappa shape index (κ3) is 4.05. The second-order valence-corrected chi connectivity index (χ2v) is 5.32. The monoisotopic (exact) mass is 314 g/mol. The normalized spacial score (nSPS) is 10.0. The number of benzene rings is 2. The average molecular weight is 314 g/mol. The second-order valence-electron chi connectivity index (χ2n) is 4.79. The molecule has 0 aliphatic rings. The quantitative estimate of drug-likeness (QED) is 0.804. The molecule has 0 heterocycles. The molecule has 4 nitrogen and oxygen atoms in total. The number of carbonyl (C=O) groups excluding carboxylic acids is 1. The van der Waals surface area contributed by atoms with Crippen molar-refractivity contribution in [1.82, 2.24) is 5.32 Å². The van der Waals surface area contributed by atoms with E-state index in [0.717, 1.165) is 16.9 Å². The lowest BCUT2D eigenvalue weighted by atomic mass is 10.0. The van der Waals surface area contributed by atoms with Crippen LogP contribution in [-0.4, -0.2) is 18.0 Å². The van der Waals surface area contributed by atoms with Crippen molar-refractivity contribution in [2.75, 3.05) is 7.11 Å². The molecule has 5 heteroatoms. The second kappa shape index (κ2) is 7.56.